The second-order valence-corrected chi connectivity index (χ2v) is 6.70. The first kappa shape index (κ1) is 16.0. The average molecular weight is 312 g/mol. The smallest absolute Gasteiger partial charge is 0.410 e. The Morgan fingerprint density at radius 1 is 1.29 bits per heavy atom. The second kappa shape index (κ2) is 6.56. The molecule has 1 saturated heterocycles. The van der Waals surface area contributed by atoms with Crippen molar-refractivity contribution in [1.82, 2.24) is 4.90 Å². The van der Waals surface area contributed by atoms with Crippen molar-refractivity contribution in [2.45, 2.75) is 45.3 Å². The van der Waals surface area contributed by atoms with Crippen LogP contribution in [0, 0.1) is 0 Å². The zero-order chi connectivity index (χ0) is 15.5. The van der Waals surface area contributed by atoms with Gasteiger partial charge in [-0.15, -0.1) is 0 Å². The van der Waals surface area contributed by atoms with Gasteiger partial charge in [0.05, 0.1) is 6.54 Å². The van der Waals surface area contributed by atoms with Gasteiger partial charge in [0.1, 0.15) is 17.5 Å². The van der Waals surface area contributed by atoms with Crippen LogP contribution in [0.2, 0.25) is 5.02 Å². The Labute approximate surface area is 131 Å². The molecule has 1 aliphatic heterocycles. The number of carbonyl (C=O) groups excluding carboxylic acids is 1. The summed E-state index contributed by atoms with van der Waals surface area (Å²) in [5.41, 5.74) is -0.471. The van der Waals surface area contributed by atoms with Gasteiger partial charge in [-0.1, -0.05) is 11.6 Å². The summed E-state index contributed by atoms with van der Waals surface area (Å²) in [6.45, 7) is 6.89. The molecule has 0 aromatic heterocycles. The van der Waals surface area contributed by atoms with Gasteiger partial charge >= 0.3 is 6.09 Å². The molecule has 0 unspecified atom stereocenters. The normalized spacial score (nSPS) is 19.2. The number of amides is 1. The van der Waals surface area contributed by atoms with Crippen molar-refractivity contribution in [3.8, 4) is 5.75 Å². The third-order valence-electron chi connectivity index (χ3n) is 3.15. The van der Waals surface area contributed by atoms with E-state index in [0.717, 1.165) is 25.1 Å². The summed E-state index contributed by atoms with van der Waals surface area (Å²) in [7, 11) is 0. The fourth-order valence-electron chi connectivity index (χ4n) is 2.23. The van der Waals surface area contributed by atoms with Gasteiger partial charge in [-0.2, -0.15) is 0 Å². The zero-order valence-corrected chi connectivity index (χ0v) is 13.5. The van der Waals surface area contributed by atoms with Gasteiger partial charge in [0.2, 0.25) is 0 Å². The standard InChI is InChI=1S/C16H22ClNO3/c1-16(2,3)21-15(19)18-10-4-5-14(11-18)20-13-8-6-12(17)7-9-13/h6-9,14H,4-5,10-11H2,1-3H3/t14-/m0/s1. The van der Waals surface area contributed by atoms with E-state index in [1.807, 2.05) is 32.9 Å². The number of piperidine rings is 1. The molecule has 0 saturated carbocycles. The van der Waals surface area contributed by atoms with Crippen LogP contribution < -0.4 is 4.74 Å². The number of nitrogens with zero attached hydrogens (tertiary/aromatic N) is 1. The first-order valence-electron chi connectivity index (χ1n) is 7.24. The molecule has 0 N–H and O–H groups in total. The van der Waals surface area contributed by atoms with E-state index in [1.54, 1.807) is 17.0 Å². The predicted octanol–water partition coefficient (Wildman–Crippen LogP) is 4.12. The lowest BCUT2D eigenvalue weighted by atomic mass is 10.1. The van der Waals surface area contributed by atoms with Gasteiger partial charge in [-0.25, -0.2) is 4.79 Å². The number of benzene rings is 1. The Bertz CT molecular complexity index is 481. The van der Waals surface area contributed by atoms with Crippen LogP contribution in [-0.4, -0.2) is 35.8 Å². The summed E-state index contributed by atoms with van der Waals surface area (Å²) >= 11 is 5.86. The highest BCUT2D eigenvalue weighted by molar-refractivity contribution is 6.30. The Balaban J connectivity index is 1.91. The molecular weight excluding hydrogens is 290 g/mol. The van der Waals surface area contributed by atoms with Crippen molar-refractivity contribution < 1.29 is 14.3 Å². The topological polar surface area (TPSA) is 38.8 Å². The van der Waals surface area contributed by atoms with Gasteiger partial charge in [-0.05, 0) is 57.9 Å². The first-order valence-corrected chi connectivity index (χ1v) is 7.61. The maximum Gasteiger partial charge on any atom is 0.410 e. The van der Waals surface area contributed by atoms with Crippen LogP contribution >= 0.6 is 11.6 Å². The molecule has 0 bridgehead atoms. The van der Waals surface area contributed by atoms with Gasteiger partial charge in [0.25, 0.3) is 0 Å². The summed E-state index contributed by atoms with van der Waals surface area (Å²) < 4.78 is 11.3. The predicted molar refractivity (Wildman–Crippen MR) is 82.9 cm³/mol. The number of likely N-dealkylation sites (tertiary alicyclic amines) is 1. The molecule has 21 heavy (non-hydrogen) atoms. The van der Waals surface area contributed by atoms with Crippen molar-refractivity contribution in [2.75, 3.05) is 13.1 Å². The van der Waals surface area contributed by atoms with Crippen molar-refractivity contribution in [3.63, 3.8) is 0 Å². The molecule has 1 aromatic carbocycles. The van der Waals surface area contributed by atoms with E-state index in [2.05, 4.69) is 0 Å². The third kappa shape index (κ3) is 5.12. The number of ether oxygens (including phenoxy) is 2. The van der Waals surface area contributed by atoms with E-state index >= 15 is 0 Å². The number of hydrogen-bond donors (Lipinski definition) is 0. The van der Waals surface area contributed by atoms with Crippen LogP contribution in [0.3, 0.4) is 0 Å². The average Bonchev–Trinajstić information content (AvgIpc) is 2.40. The summed E-state index contributed by atoms with van der Waals surface area (Å²) in [6.07, 6.45) is 1.57. The summed E-state index contributed by atoms with van der Waals surface area (Å²) in [4.78, 5) is 13.8. The fourth-order valence-corrected chi connectivity index (χ4v) is 2.36. The zero-order valence-electron chi connectivity index (χ0n) is 12.8. The monoisotopic (exact) mass is 311 g/mol. The molecule has 1 heterocycles. The maximum absolute atomic E-state index is 12.1. The quantitative estimate of drug-likeness (QED) is 0.824. The van der Waals surface area contributed by atoms with E-state index in [9.17, 15) is 4.79 Å². The van der Waals surface area contributed by atoms with Crippen LogP contribution in [0.25, 0.3) is 0 Å². The Kier molecular flexibility index (Phi) is 4.99. The number of carbonyl (C=O) groups is 1. The van der Waals surface area contributed by atoms with E-state index in [4.69, 9.17) is 21.1 Å². The van der Waals surface area contributed by atoms with E-state index in [0.29, 0.717) is 11.6 Å². The van der Waals surface area contributed by atoms with Gasteiger partial charge in [-0.3, -0.25) is 0 Å². The van der Waals surface area contributed by atoms with Crippen molar-refractivity contribution in [1.29, 1.82) is 0 Å². The molecule has 0 aliphatic carbocycles. The largest absolute Gasteiger partial charge is 0.489 e. The van der Waals surface area contributed by atoms with E-state index in [-0.39, 0.29) is 12.2 Å². The lowest BCUT2D eigenvalue weighted by Crippen LogP contribution is -2.46. The number of halogens is 1. The number of rotatable bonds is 2. The summed E-state index contributed by atoms with van der Waals surface area (Å²) in [6, 6.07) is 7.28. The summed E-state index contributed by atoms with van der Waals surface area (Å²) in [5.74, 6) is 0.774. The van der Waals surface area contributed by atoms with Crippen LogP contribution in [-0.2, 0) is 4.74 Å². The molecule has 1 amide bonds. The molecule has 116 valence electrons. The van der Waals surface area contributed by atoms with Crippen LogP contribution in [0.15, 0.2) is 24.3 Å². The minimum atomic E-state index is -0.471. The van der Waals surface area contributed by atoms with Crippen molar-refractivity contribution in [3.05, 3.63) is 29.3 Å². The molecule has 0 spiro atoms. The van der Waals surface area contributed by atoms with E-state index < -0.39 is 5.60 Å². The molecule has 1 atom stereocenters. The Hall–Kier alpha value is -1.42. The Morgan fingerprint density at radius 3 is 2.57 bits per heavy atom. The molecule has 4 nitrogen and oxygen atoms in total. The van der Waals surface area contributed by atoms with Crippen LogP contribution in [0.5, 0.6) is 5.75 Å². The maximum atomic E-state index is 12.1. The van der Waals surface area contributed by atoms with Gasteiger partial charge < -0.3 is 14.4 Å². The molecule has 1 aliphatic rings. The molecular formula is C16H22ClNO3. The van der Waals surface area contributed by atoms with Crippen LogP contribution in [0.4, 0.5) is 4.79 Å². The highest BCUT2D eigenvalue weighted by atomic mass is 35.5. The highest BCUT2D eigenvalue weighted by Crippen LogP contribution is 2.21. The molecule has 2 rings (SSSR count). The molecule has 1 aromatic rings. The molecule has 5 heteroatoms. The van der Waals surface area contributed by atoms with Crippen LogP contribution in [0.1, 0.15) is 33.6 Å². The lowest BCUT2D eigenvalue weighted by molar-refractivity contribution is 0.00776. The minimum Gasteiger partial charge on any atom is -0.489 e. The number of hydrogen-bond acceptors (Lipinski definition) is 3. The van der Waals surface area contributed by atoms with Gasteiger partial charge in [0.15, 0.2) is 0 Å². The fraction of sp³-hybridized carbons (Fsp3) is 0.562. The highest BCUT2D eigenvalue weighted by Gasteiger charge is 2.28. The summed E-state index contributed by atoms with van der Waals surface area (Å²) in [5, 5.41) is 0.682. The van der Waals surface area contributed by atoms with Crippen molar-refractivity contribution >= 4 is 17.7 Å². The molecule has 0 radical (unpaired) electrons. The van der Waals surface area contributed by atoms with Crippen molar-refractivity contribution in [2.24, 2.45) is 0 Å². The SMILES string of the molecule is CC(C)(C)OC(=O)N1CCC[C@H](Oc2ccc(Cl)cc2)C1. The minimum absolute atomic E-state index is 0.00700. The lowest BCUT2D eigenvalue weighted by Gasteiger charge is -2.34. The van der Waals surface area contributed by atoms with E-state index in [1.165, 1.54) is 0 Å². The van der Waals surface area contributed by atoms with Gasteiger partial charge in [0, 0.05) is 11.6 Å². The Morgan fingerprint density at radius 2 is 1.95 bits per heavy atom. The molecule has 1 fully saturated rings. The second-order valence-electron chi connectivity index (χ2n) is 6.26. The third-order valence-corrected chi connectivity index (χ3v) is 3.40. The first-order chi connectivity index (χ1) is 9.83.